The minimum atomic E-state index is -0.747. The van der Waals surface area contributed by atoms with Gasteiger partial charge in [-0.05, 0) is 5.56 Å². The van der Waals surface area contributed by atoms with Gasteiger partial charge in [0.15, 0.2) is 0 Å². The van der Waals surface area contributed by atoms with Crippen LogP contribution in [0.2, 0.25) is 0 Å². The van der Waals surface area contributed by atoms with Crippen LogP contribution in [-0.4, -0.2) is 16.7 Å². The molecule has 1 aliphatic heterocycles. The fraction of sp³-hybridized carbons (Fsp3) is 0.0909. The number of hydrogen-bond acceptors (Lipinski definition) is 4. The monoisotopic (exact) mass is 232 g/mol. The Morgan fingerprint density at radius 3 is 2.24 bits per heavy atom. The maximum absolute atomic E-state index is 11.5. The molecule has 1 unspecified atom stereocenters. The van der Waals surface area contributed by atoms with Crippen LogP contribution in [0.15, 0.2) is 36.4 Å². The largest absolute Gasteiger partial charge is 0.292 e. The molecule has 0 spiro atoms. The maximum Gasteiger partial charge on any atom is 0.269 e. The number of nitrogens with one attached hydrogen (secondary N) is 1. The lowest BCUT2D eigenvalue weighted by molar-refractivity contribution is -0.384. The van der Waals surface area contributed by atoms with Gasteiger partial charge in [-0.3, -0.25) is 25.0 Å². The normalized spacial score (nSPS) is 19.3. The molecule has 1 heterocycles. The topological polar surface area (TPSA) is 89.3 Å². The first-order valence-corrected chi connectivity index (χ1v) is 4.79. The van der Waals surface area contributed by atoms with Crippen LogP contribution in [0.25, 0.3) is 0 Å². The Labute approximate surface area is 96.1 Å². The number of nitro benzene ring substituents is 1. The zero-order valence-electron chi connectivity index (χ0n) is 8.67. The molecule has 0 aromatic heterocycles. The van der Waals surface area contributed by atoms with E-state index < -0.39 is 22.7 Å². The van der Waals surface area contributed by atoms with E-state index >= 15 is 0 Å². The van der Waals surface area contributed by atoms with E-state index in [4.69, 9.17) is 0 Å². The van der Waals surface area contributed by atoms with Crippen molar-refractivity contribution in [3.05, 3.63) is 52.1 Å². The molecule has 0 bridgehead atoms. The molecular weight excluding hydrogens is 224 g/mol. The van der Waals surface area contributed by atoms with Gasteiger partial charge in [-0.1, -0.05) is 18.7 Å². The summed E-state index contributed by atoms with van der Waals surface area (Å²) in [5, 5.41) is 12.6. The summed E-state index contributed by atoms with van der Waals surface area (Å²) in [6.45, 7) is 3.53. The summed E-state index contributed by atoms with van der Waals surface area (Å²) < 4.78 is 0. The number of non-ortho nitro benzene ring substituents is 1. The van der Waals surface area contributed by atoms with Crippen LogP contribution in [0.3, 0.4) is 0 Å². The van der Waals surface area contributed by atoms with E-state index in [1.165, 1.54) is 24.3 Å². The Bertz CT molecular complexity index is 533. The second-order valence-corrected chi connectivity index (χ2v) is 3.63. The summed E-state index contributed by atoms with van der Waals surface area (Å²) in [4.78, 5) is 32.6. The van der Waals surface area contributed by atoms with Crippen molar-refractivity contribution in [2.75, 3.05) is 0 Å². The van der Waals surface area contributed by atoms with Crippen LogP contribution in [0, 0.1) is 10.1 Å². The first kappa shape index (κ1) is 11.0. The second-order valence-electron chi connectivity index (χ2n) is 3.63. The van der Waals surface area contributed by atoms with Crippen molar-refractivity contribution >= 4 is 17.5 Å². The molecule has 1 fully saturated rings. The van der Waals surface area contributed by atoms with Gasteiger partial charge in [-0.25, -0.2) is 0 Å². The maximum atomic E-state index is 11.5. The van der Waals surface area contributed by atoms with Crippen molar-refractivity contribution in [2.24, 2.45) is 0 Å². The highest BCUT2D eigenvalue weighted by atomic mass is 16.6. The molecule has 1 atom stereocenters. The van der Waals surface area contributed by atoms with Crippen LogP contribution >= 0.6 is 0 Å². The fourth-order valence-electron chi connectivity index (χ4n) is 1.69. The standard InChI is InChI=1S/C11H8N2O4/c1-6-9(11(15)12-10(6)14)7-2-4-8(5-3-7)13(16)17/h2-5,9H,1H2,(H,12,14,15). The van der Waals surface area contributed by atoms with E-state index in [0.717, 1.165) is 0 Å². The average Bonchev–Trinajstić information content (AvgIpc) is 2.53. The molecule has 6 heteroatoms. The van der Waals surface area contributed by atoms with Gasteiger partial charge in [0.1, 0.15) is 0 Å². The van der Waals surface area contributed by atoms with E-state index in [2.05, 4.69) is 11.9 Å². The third kappa shape index (κ3) is 1.80. The minimum absolute atomic E-state index is 0.0657. The number of hydrogen-bond donors (Lipinski definition) is 1. The lowest BCUT2D eigenvalue weighted by Gasteiger charge is -2.06. The van der Waals surface area contributed by atoms with E-state index in [1.54, 1.807) is 0 Å². The summed E-state index contributed by atoms with van der Waals surface area (Å²) in [5.74, 6) is -1.70. The third-order valence-electron chi connectivity index (χ3n) is 2.58. The number of rotatable bonds is 2. The summed E-state index contributed by atoms with van der Waals surface area (Å²) >= 11 is 0. The van der Waals surface area contributed by atoms with Crippen molar-refractivity contribution in [3.63, 3.8) is 0 Å². The van der Waals surface area contributed by atoms with Crippen LogP contribution in [-0.2, 0) is 9.59 Å². The van der Waals surface area contributed by atoms with Crippen LogP contribution < -0.4 is 5.32 Å². The second kappa shape index (κ2) is 3.82. The van der Waals surface area contributed by atoms with Gasteiger partial charge in [0.05, 0.1) is 10.8 Å². The number of imide groups is 1. The third-order valence-corrected chi connectivity index (χ3v) is 2.58. The predicted octanol–water partition coefficient (Wildman–Crippen LogP) is 0.891. The minimum Gasteiger partial charge on any atom is -0.292 e. The van der Waals surface area contributed by atoms with Crippen LogP contribution in [0.1, 0.15) is 11.5 Å². The number of carbonyl (C=O) groups excluding carboxylic acids is 2. The van der Waals surface area contributed by atoms with Gasteiger partial charge in [0.25, 0.3) is 11.6 Å². The zero-order chi connectivity index (χ0) is 12.6. The Balaban J connectivity index is 2.35. The molecule has 0 saturated carbocycles. The molecule has 2 rings (SSSR count). The molecule has 2 amide bonds. The molecule has 1 saturated heterocycles. The molecule has 1 aromatic carbocycles. The predicted molar refractivity (Wildman–Crippen MR) is 58.1 cm³/mol. The molecule has 0 radical (unpaired) electrons. The van der Waals surface area contributed by atoms with Gasteiger partial charge < -0.3 is 0 Å². The molecule has 1 aliphatic rings. The highest BCUT2D eigenvalue weighted by molar-refractivity contribution is 6.17. The van der Waals surface area contributed by atoms with Crippen molar-refractivity contribution in [3.8, 4) is 0 Å². The number of amides is 2. The smallest absolute Gasteiger partial charge is 0.269 e. The first-order chi connectivity index (χ1) is 8.00. The van der Waals surface area contributed by atoms with E-state index in [1.807, 2.05) is 0 Å². The number of nitro groups is 1. The molecule has 86 valence electrons. The zero-order valence-corrected chi connectivity index (χ0v) is 8.67. The van der Waals surface area contributed by atoms with Gasteiger partial charge in [0, 0.05) is 17.7 Å². The number of nitrogens with zero attached hydrogens (tertiary/aromatic N) is 1. The molecule has 17 heavy (non-hydrogen) atoms. The molecule has 1 aromatic rings. The Kier molecular flexibility index (Phi) is 2.47. The summed E-state index contributed by atoms with van der Waals surface area (Å²) in [5.41, 5.74) is 0.608. The molecular formula is C11H8N2O4. The Morgan fingerprint density at radius 2 is 1.82 bits per heavy atom. The summed E-state index contributed by atoms with van der Waals surface area (Å²) in [7, 11) is 0. The summed E-state index contributed by atoms with van der Waals surface area (Å²) in [6.07, 6.45) is 0. The summed E-state index contributed by atoms with van der Waals surface area (Å²) in [6, 6.07) is 5.48. The average molecular weight is 232 g/mol. The van der Waals surface area contributed by atoms with Gasteiger partial charge in [-0.2, -0.15) is 0 Å². The van der Waals surface area contributed by atoms with Gasteiger partial charge in [-0.15, -0.1) is 0 Å². The Hall–Kier alpha value is -2.50. The highest BCUT2D eigenvalue weighted by Crippen LogP contribution is 2.29. The number of benzene rings is 1. The lowest BCUT2D eigenvalue weighted by Crippen LogP contribution is -2.21. The van der Waals surface area contributed by atoms with Crippen molar-refractivity contribution < 1.29 is 14.5 Å². The van der Waals surface area contributed by atoms with Crippen molar-refractivity contribution in [1.29, 1.82) is 0 Å². The fourth-order valence-corrected chi connectivity index (χ4v) is 1.69. The SMILES string of the molecule is C=C1C(=O)NC(=O)C1c1ccc([N+](=O)[O-])cc1. The Morgan fingerprint density at radius 1 is 1.24 bits per heavy atom. The molecule has 0 aliphatic carbocycles. The van der Waals surface area contributed by atoms with Gasteiger partial charge >= 0.3 is 0 Å². The van der Waals surface area contributed by atoms with Crippen LogP contribution in [0.5, 0.6) is 0 Å². The van der Waals surface area contributed by atoms with Crippen molar-refractivity contribution in [1.82, 2.24) is 5.32 Å². The molecule has 1 N–H and O–H groups in total. The van der Waals surface area contributed by atoms with E-state index in [0.29, 0.717) is 5.56 Å². The first-order valence-electron chi connectivity index (χ1n) is 4.79. The number of carbonyl (C=O) groups is 2. The molecule has 6 nitrogen and oxygen atoms in total. The van der Waals surface area contributed by atoms with Gasteiger partial charge in [0.2, 0.25) is 5.91 Å². The van der Waals surface area contributed by atoms with E-state index in [-0.39, 0.29) is 11.3 Å². The van der Waals surface area contributed by atoms with E-state index in [9.17, 15) is 19.7 Å². The highest BCUT2D eigenvalue weighted by Gasteiger charge is 2.35. The van der Waals surface area contributed by atoms with Crippen LogP contribution in [0.4, 0.5) is 5.69 Å². The lowest BCUT2D eigenvalue weighted by atomic mass is 9.94. The quantitative estimate of drug-likeness (QED) is 0.355. The van der Waals surface area contributed by atoms with Crippen molar-refractivity contribution in [2.45, 2.75) is 5.92 Å².